The monoisotopic (exact) mass is 928 g/mol. The second kappa shape index (κ2) is 15.9. The first kappa shape index (κ1) is 42.2. The predicted octanol–water partition coefficient (Wildman–Crippen LogP) is 16.7. The van der Waals surface area contributed by atoms with E-state index in [0.717, 1.165) is 72.7 Å². The van der Waals surface area contributed by atoms with Gasteiger partial charge in [-0.25, -0.2) is 15.0 Å². The largest absolute Gasteiger partial charge is 0.436 e. The van der Waals surface area contributed by atoms with Gasteiger partial charge in [-0.2, -0.15) is 0 Å². The van der Waals surface area contributed by atoms with Gasteiger partial charge in [0.1, 0.15) is 11.0 Å². The van der Waals surface area contributed by atoms with Crippen LogP contribution in [0, 0.1) is 5.92 Å². The van der Waals surface area contributed by atoms with E-state index in [1.807, 2.05) is 72.9 Å². The lowest BCUT2D eigenvalue weighted by Crippen LogP contribution is -2.25. The highest BCUT2D eigenvalue weighted by Crippen LogP contribution is 2.56. The number of rotatable bonds is 7. The molecule has 11 aromatic rings. The molecule has 7 aromatic carbocycles. The van der Waals surface area contributed by atoms with E-state index in [0.29, 0.717) is 17.7 Å². The Morgan fingerprint density at radius 3 is 1.65 bits per heavy atom. The first-order valence-electron chi connectivity index (χ1n) is 24.8. The molecule has 0 fully saturated rings. The van der Waals surface area contributed by atoms with Crippen molar-refractivity contribution >= 4 is 27.8 Å². The molecule has 4 aromatic heterocycles. The van der Waals surface area contributed by atoms with E-state index in [-0.39, 0.29) is 16.7 Å². The summed E-state index contributed by atoms with van der Waals surface area (Å²) in [7, 11) is 0. The molecule has 2 unspecified atom stereocenters. The minimum atomic E-state index is -0.255. The molecule has 0 bridgehead atoms. The number of aromatic nitrogens is 4. The number of fused-ring (bicyclic) bond motifs is 8. The maximum absolute atomic E-state index is 6.08. The molecule has 14 rings (SSSR count). The molecule has 344 valence electrons. The minimum absolute atomic E-state index is 0.123. The maximum atomic E-state index is 6.08. The molecule has 0 saturated heterocycles. The minimum Gasteiger partial charge on any atom is -0.436 e. The predicted molar refractivity (Wildman–Crippen MR) is 290 cm³/mol. The summed E-state index contributed by atoms with van der Waals surface area (Å²) in [5.41, 5.74) is 23.5. The van der Waals surface area contributed by atoms with Gasteiger partial charge in [0.2, 0.25) is 11.8 Å². The van der Waals surface area contributed by atoms with Crippen molar-refractivity contribution in [1.29, 1.82) is 0 Å². The van der Waals surface area contributed by atoms with E-state index in [9.17, 15) is 0 Å². The van der Waals surface area contributed by atoms with E-state index >= 15 is 0 Å². The molecule has 0 amide bonds. The lowest BCUT2D eigenvalue weighted by Gasteiger charge is -2.31. The van der Waals surface area contributed by atoms with Crippen molar-refractivity contribution in [2.75, 3.05) is 0 Å². The number of nitrogens with zero attached hydrogens (tertiary/aromatic N) is 4. The fraction of sp³-hybridized carbons (Fsp3) is 0.121. The van der Waals surface area contributed by atoms with Crippen LogP contribution < -0.4 is 0 Å². The zero-order chi connectivity index (χ0) is 48.3. The molecule has 72 heavy (non-hydrogen) atoms. The zero-order valence-corrected chi connectivity index (χ0v) is 40.4. The molecular formula is C66H48N4O2. The fourth-order valence-electron chi connectivity index (χ4n) is 11.8. The Hall–Kier alpha value is -8.74. The van der Waals surface area contributed by atoms with Crippen molar-refractivity contribution in [3.8, 4) is 78.9 Å². The Balaban J connectivity index is 0.789. The number of benzene rings is 7. The summed E-state index contributed by atoms with van der Waals surface area (Å²) < 4.78 is 12.2. The van der Waals surface area contributed by atoms with E-state index in [2.05, 4.69) is 161 Å². The molecule has 3 aliphatic rings. The van der Waals surface area contributed by atoms with E-state index in [4.69, 9.17) is 28.8 Å². The van der Waals surface area contributed by atoms with Crippen LogP contribution in [0.3, 0.4) is 0 Å². The summed E-state index contributed by atoms with van der Waals surface area (Å²) in [6.07, 6.45) is 9.06. The van der Waals surface area contributed by atoms with Gasteiger partial charge in [0.25, 0.3) is 0 Å². The number of hydrogen-bond donors (Lipinski definition) is 0. The van der Waals surface area contributed by atoms with Crippen LogP contribution in [0.15, 0.2) is 215 Å². The molecular weight excluding hydrogens is 881 g/mol. The molecule has 0 radical (unpaired) electrons. The number of allylic oxidation sites excluding steroid dienone is 4. The molecule has 0 spiro atoms. The zero-order valence-electron chi connectivity index (χ0n) is 40.4. The van der Waals surface area contributed by atoms with Gasteiger partial charge < -0.3 is 8.83 Å². The summed E-state index contributed by atoms with van der Waals surface area (Å²) in [5, 5.41) is 0. The lowest BCUT2D eigenvalue weighted by atomic mass is 9.72. The normalized spacial score (nSPS) is 16.9. The number of pyridine rings is 2. The van der Waals surface area contributed by atoms with Crippen LogP contribution in [0.5, 0.6) is 0 Å². The Kier molecular flexibility index (Phi) is 9.31. The third-order valence-corrected chi connectivity index (χ3v) is 15.8. The molecule has 6 nitrogen and oxygen atoms in total. The molecule has 2 atom stereocenters. The van der Waals surface area contributed by atoms with Gasteiger partial charge >= 0.3 is 0 Å². The van der Waals surface area contributed by atoms with Gasteiger partial charge in [0.05, 0.1) is 17.1 Å². The van der Waals surface area contributed by atoms with Crippen LogP contribution in [0.25, 0.3) is 107 Å². The second-order valence-corrected chi connectivity index (χ2v) is 20.6. The molecule has 4 heterocycles. The average Bonchev–Trinajstić information content (AvgIpc) is 4.18. The van der Waals surface area contributed by atoms with Crippen molar-refractivity contribution in [3.63, 3.8) is 0 Å². The van der Waals surface area contributed by atoms with Crippen molar-refractivity contribution < 1.29 is 8.83 Å². The molecule has 0 N–H and O–H groups in total. The van der Waals surface area contributed by atoms with Crippen LogP contribution in [0.2, 0.25) is 0 Å². The number of hydrogen-bond acceptors (Lipinski definition) is 6. The maximum Gasteiger partial charge on any atom is 0.227 e. The van der Waals surface area contributed by atoms with Gasteiger partial charge in [0.15, 0.2) is 11.2 Å². The Bertz CT molecular complexity index is 3980. The van der Waals surface area contributed by atoms with Crippen LogP contribution in [0.1, 0.15) is 61.4 Å². The number of para-hydroxylation sites is 4. The first-order valence-corrected chi connectivity index (χ1v) is 24.8. The summed E-state index contributed by atoms with van der Waals surface area (Å²) in [4.78, 5) is 19.7. The van der Waals surface area contributed by atoms with E-state index in [1.165, 1.54) is 50.1 Å². The van der Waals surface area contributed by atoms with Crippen molar-refractivity contribution in [2.45, 2.75) is 44.4 Å². The topological polar surface area (TPSA) is 77.8 Å². The van der Waals surface area contributed by atoms with Gasteiger partial charge in [0, 0.05) is 39.8 Å². The van der Waals surface area contributed by atoms with Gasteiger partial charge in [-0.3, -0.25) is 4.98 Å². The van der Waals surface area contributed by atoms with Crippen LogP contribution >= 0.6 is 0 Å². The molecule has 0 aliphatic heterocycles. The first-order chi connectivity index (χ1) is 35.1. The van der Waals surface area contributed by atoms with Crippen molar-refractivity contribution in [1.82, 2.24) is 19.9 Å². The summed E-state index contributed by atoms with van der Waals surface area (Å²) in [5.74, 6) is 1.86. The van der Waals surface area contributed by atoms with Crippen LogP contribution in [-0.4, -0.2) is 19.9 Å². The van der Waals surface area contributed by atoms with Gasteiger partial charge in [-0.1, -0.05) is 143 Å². The lowest BCUT2D eigenvalue weighted by molar-refractivity contribution is 0.395. The average molecular weight is 929 g/mol. The highest BCUT2D eigenvalue weighted by Gasteiger charge is 2.45. The van der Waals surface area contributed by atoms with Crippen molar-refractivity contribution in [3.05, 3.63) is 234 Å². The summed E-state index contributed by atoms with van der Waals surface area (Å²) in [6, 6.07) is 64.4. The Labute approximate surface area is 418 Å². The van der Waals surface area contributed by atoms with Crippen LogP contribution in [0.4, 0.5) is 0 Å². The second-order valence-electron chi connectivity index (χ2n) is 20.6. The third kappa shape index (κ3) is 6.70. The highest BCUT2D eigenvalue weighted by molar-refractivity contribution is 5.90. The summed E-state index contributed by atoms with van der Waals surface area (Å²) in [6.45, 7) is 9.53. The quantitative estimate of drug-likeness (QED) is 0.158. The Morgan fingerprint density at radius 1 is 0.444 bits per heavy atom. The fourth-order valence-corrected chi connectivity index (χ4v) is 11.8. The van der Waals surface area contributed by atoms with Crippen LogP contribution in [-0.2, 0) is 10.8 Å². The third-order valence-electron chi connectivity index (χ3n) is 15.8. The number of oxazole rings is 2. The summed E-state index contributed by atoms with van der Waals surface area (Å²) >= 11 is 0. The van der Waals surface area contributed by atoms with E-state index in [1.54, 1.807) is 0 Å². The Morgan fingerprint density at radius 2 is 1.00 bits per heavy atom. The van der Waals surface area contributed by atoms with Gasteiger partial charge in [-0.15, -0.1) is 0 Å². The SMILES string of the molecule is CC1(C)c2cc(-c3ccc(-c4nc5ccccc5o4)cc3)ccc2-c2ccc(-c3nc(-c4ccccn4)ccc3-c3ccc4c(c3)C(C)(C)C3C=C(c5ccc(-c6nc7ccccc7o6)cc5)C=CC43)cc21. The standard InChI is InChI=1S/C66H48N4O2/c1-65(2)52-35-43(39-16-20-41(21-17-39)63-69-58-12-5-7-14-60(58)71-63)24-28-48(52)50-30-26-45(37-54(50)65)47-32-33-57(56-11-9-10-34-67-56)68-62(47)46-27-31-51-49-29-25-44(36-53(49)66(3,4)55(51)38-46)40-18-22-42(23-19-40)64-70-59-13-6-8-15-61(59)72-64/h5-38,48,52H,1-4H3. The van der Waals surface area contributed by atoms with Gasteiger partial charge in [-0.05, 0) is 157 Å². The molecule has 6 heteroatoms. The van der Waals surface area contributed by atoms with E-state index < -0.39 is 0 Å². The molecule has 3 aliphatic carbocycles. The smallest absolute Gasteiger partial charge is 0.227 e. The van der Waals surface area contributed by atoms with Crippen molar-refractivity contribution in [2.24, 2.45) is 5.92 Å². The highest BCUT2D eigenvalue weighted by atomic mass is 16.4. The molecule has 0 saturated carbocycles.